The average Bonchev–Trinajstić information content (AvgIpc) is 2.90. The Morgan fingerprint density at radius 2 is 2.05 bits per heavy atom. The maximum absolute atomic E-state index is 13.1. The smallest absolute Gasteiger partial charge is 0.161 e. The van der Waals surface area contributed by atoms with Gasteiger partial charge in [-0.25, -0.2) is 4.39 Å². The number of thioether (sulfide) groups is 1. The summed E-state index contributed by atoms with van der Waals surface area (Å²) in [6, 6.07) is 15.4. The van der Waals surface area contributed by atoms with Crippen LogP contribution in [0.2, 0.25) is 0 Å². The standard InChI is InChI=1S/C16H14FIN2S/c17-12-6-7-15(14(18)9-12)20-16-19-13(10-21-16)8-11-4-2-1-3-5-11/h1-7,9,13H,8,10H2,(H,19,20). The van der Waals surface area contributed by atoms with E-state index in [9.17, 15) is 4.39 Å². The maximum atomic E-state index is 13.1. The van der Waals surface area contributed by atoms with Gasteiger partial charge in [0, 0.05) is 9.32 Å². The Morgan fingerprint density at radius 3 is 2.81 bits per heavy atom. The topological polar surface area (TPSA) is 24.4 Å². The number of amidine groups is 1. The molecule has 0 amide bonds. The van der Waals surface area contributed by atoms with Crippen LogP contribution in [0, 0.1) is 9.39 Å². The van der Waals surface area contributed by atoms with E-state index in [1.165, 1.54) is 17.7 Å². The van der Waals surface area contributed by atoms with Crippen LogP contribution >= 0.6 is 34.4 Å². The number of halogens is 2. The van der Waals surface area contributed by atoms with Crippen molar-refractivity contribution >= 4 is 45.2 Å². The molecule has 0 fully saturated rings. The van der Waals surface area contributed by atoms with Gasteiger partial charge in [0.25, 0.3) is 0 Å². The van der Waals surface area contributed by atoms with Crippen LogP contribution in [0.15, 0.2) is 53.5 Å². The molecule has 1 heterocycles. The van der Waals surface area contributed by atoms with Crippen LogP contribution < -0.4 is 5.32 Å². The van der Waals surface area contributed by atoms with E-state index in [0.29, 0.717) is 6.04 Å². The Bertz CT molecular complexity index is 661. The van der Waals surface area contributed by atoms with Gasteiger partial charge in [-0.15, -0.1) is 0 Å². The number of hydrogen-bond donors (Lipinski definition) is 1. The fraction of sp³-hybridized carbons (Fsp3) is 0.188. The minimum Gasteiger partial charge on any atom is -0.334 e. The van der Waals surface area contributed by atoms with E-state index in [1.54, 1.807) is 17.8 Å². The quantitative estimate of drug-likeness (QED) is 0.748. The van der Waals surface area contributed by atoms with E-state index >= 15 is 0 Å². The van der Waals surface area contributed by atoms with E-state index < -0.39 is 0 Å². The third kappa shape index (κ3) is 3.97. The van der Waals surface area contributed by atoms with Crippen LogP contribution in [0.4, 0.5) is 10.1 Å². The minimum atomic E-state index is -0.215. The number of anilines is 1. The Balaban J connectivity index is 1.66. The highest BCUT2D eigenvalue weighted by molar-refractivity contribution is 14.1. The van der Waals surface area contributed by atoms with Gasteiger partial charge in [-0.05, 0) is 52.8 Å². The van der Waals surface area contributed by atoms with E-state index in [2.05, 4.69) is 52.2 Å². The van der Waals surface area contributed by atoms with Gasteiger partial charge in [-0.1, -0.05) is 42.1 Å². The minimum absolute atomic E-state index is 0.215. The summed E-state index contributed by atoms with van der Waals surface area (Å²) in [5, 5.41) is 4.21. The molecule has 0 aromatic heterocycles. The first kappa shape index (κ1) is 14.8. The number of nitrogens with zero attached hydrogens (tertiary/aromatic N) is 1. The Hall–Kier alpha value is -1.08. The summed E-state index contributed by atoms with van der Waals surface area (Å²) in [5.41, 5.74) is 2.22. The van der Waals surface area contributed by atoms with Gasteiger partial charge in [0.05, 0.1) is 11.7 Å². The third-order valence-corrected chi connectivity index (χ3v) is 5.12. The average molecular weight is 412 g/mol. The summed E-state index contributed by atoms with van der Waals surface area (Å²) in [5.74, 6) is 0.766. The Labute approximate surface area is 141 Å². The summed E-state index contributed by atoms with van der Waals surface area (Å²) < 4.78 is 14.0. The number of benzene rings is 2. The highest BCUT2D eigenvalue weighted by Crippen LogP contribution is 2.25. The summed E-state index contributed by atoms with van der Waals surface area (Å²) in [4.78, 5) is 4.71. The molecule has 0 saturated heterocycles. The number of nitrogens with one attached hydrogen (secondary N) is 1. The zero-order valence-electron chi connectivity index (χ0n) is 11.2. The summed E-state index contributed by atoms with van der Waals surface area (Å²) in [6.45, 7) is 0. The van der Waals surface area contributed by atoms with Crippen molar-refractivity contribution in [3.8, 4) is 0 Å². The van der Waals surface area contributed by atoms with Crippen LogP contribution in [0.1, 0.15) is 5.56 Å². The van der Waals surface area contributed by atoms with Gasteiger partial charge < -0.3 is 5.32 Å². The molecule has 21 heavy (non-hydrogen) atoms. The molecule has 1 aliphatic rings. The van der Waals surface area contributed by atoms with Crippen molar-refractivity contribution in [2.24, 2.45) is 4.99 Å². The van der Waals surface area contributed by atoms with Crippen molar-refractivity contribution in [2.45, 2.75) is 12.5 Å². The van der Waals surface area contributed by atoms with Crippen LogP contribution in [0.5, 0.6) is 0 Å². The lowest BCUT2D eigenvalue weighted by molar-refractivity contribution is 0.627. The molecule has 0 bridgehead atoms. The van der Waals surface area contributed by atoms with Gasteiger partial charge in [0.1, 0.15) is 5.82 Å². The van der Waals surface area contributed by atoms with Gasteiger partial charge in [0.15, 0.2) is 5.17 Å². The predicted molar refractivity (Wildman–Crippen MR) is 96.6 cm³/mol. The lowest BCUT2D eigenvalue weighted by atomic mass is 10.1. The zero-order chi connectivity index (χ0) is 14.7. The molecule has 0 saturated carbocycles. The fourth-order valence-corrected chi connectivity index (χ4v) is 3.74. The van der Waals surface area contributed by atoms with Gasteiger partial charge >= 0.3 is 0 Å². The second kappa shape index (κ2) is 6.79. The lowest BCUT2D eigenvalue weighted by Crippen LogP contribution is -2.09. The van der Waals surface area contributed by atoms with Crippen molar-refractivity contribution in [3.05, 3.63) is 63.5 Å². The maximum Gasteiger partial charge on any atom is 0.161 e. The molecule has 0 spiro atoms. The van der Waals surface area contributed by atoms with Crippen molar-refractivity contribution in [2.75, 3.05) is 11.1 Å². The number of hydrogen-bond acceptors (Lipinski definition) is 3. The Kier molecular flexibility index (Phi) is 4.80. The van der Waals surface area contributed by atoms with Gasteiger partial charge in [0.2, 0.25) is 0 Å². The number of aliphatic imine (C=N–C) groups is 1. The van der Waals surface area contributed by atoms with Crippen molar-refractivity contribution in [1.29, 1.82) is 0 Å². The van der Waals surface area contributed by atoms with E-state index in [-0.39, 0.29) is 5.82 Å². The van der Waals surface area contributed by atoms with E-state index in [4.69, 9.17) is 4.99 Å². The highest BCUT2D eigenvalue weighted by Gasteiger charge is 2.19. The largest absolute Gasteiger partial charge is 0.334 e. The second-order valence-electron chi connectivity index (χ2n) is 4.84. The Morgan fingerprint density at radius 1 is 1.24 bits per heavy atom. The third-order valence-electron chi connectivity index (χ3n) is 3.20. The molecule has 2 nitrogen and oxygen atoms in total. The normalized spacial score (nSPS) is 17.6. The first-order chi connectivity index (χ1) is 10.2. The summed E-state index contributed by atoms with van der Waals surface area (Å²) in [6.07, 6.45) is 0.958. The molecule has 0 radical (unpaired) electrons. The SMILES string of the molecule is Fc1ccc(NC2=NC(Cc3ccccc3)CS2)c(I)c1. The van der Waals surface area contributed by atoms with E-state index in [0.717, 1.165) is 26.6 Å². The van der Waals surface area contributed by atoms with Crippen LogP contribution in [-0.2, 0) is 6.42 Å². The zero-order valence-corrected chi connectivity index (χ0v) is 14.2. The molecule has 2 aromatic rings. The summed E-state index contributed by atoms with van der Waals surface area (Å²) >= 11 is 3.85. The first-order valence-corrected chi connectivity index (χ1v) is 8.74. The molecule has 108 valence electrons. The van der Waals surface area contributed by atoms with Gasteiger partial charge in [-0.3, -0.25) is 4.99 Å². The number of rotatable bonds is 3. The van der Waals surface area contributed by atoms with Gasteiger partial charge in [-0.2, -0.15) is 0 Å². The predicted octanol–water partition coefficient (Wildman–Crippen LogP) is 4.56. The summed E-state index contributed by atoms with van der Waals surface area (Å²) in [7, 11) is 0. The highest BCUT2D eigenvalue weighted by atomic mass is 127. The first-order valence-electron chi connectivity index (χ1n) is 6.67. The molecule has 1 N–H and O–H groups in total. The van der Waals surface area contributed by atoms with E-state index in [1.807, 2.05) is 6.07 Å². The van der Waals surface area contributed by atoms with Crippen molar-refractivity contribution < 1.29 is 4.39 Å². The lowest BCUT2D eigenvalue weighted by Gasteiger charge is -2.07. The molecular weight excluding hydrogens is 398 g/mol. The van der Waals surface area contributed by atoms with Crippen LogP contribution in [0.25, 0.3) is 0 Å². The molecular formula is C16H14FIN2S. The van der Waals surface area contributed by atoms with Crippen LogP contribution in [0.3, 0.4) is 0 Å². The molecule has 5 heteroatoms. The van der Waals surface area contributed by atoms with Crippen molar-refractivity contribution in [3.63, 3.8) is 0 Å². The molecule has 0 aliphatic carbocycles. The van der Waals surface area contributed by atoms with Crippen molar-refractivity contribution in [1.82, 2.24) is 0 Å². The fourth-order valence-electron chi connectivity index (χ4n) is 2.18. The molecule has 1 aliphatic heterocycles. The molecule has 3 rings (SSSR count). The molecule has 1 unspecified atom stereocenters. The molecule has 1 atom stereocenters. The molecule has 2 aromatic carbocycles. The monoisotopic (exact) mass is 412 g/mol. The van der Waals surface area contributed by atoms with Crippen LogP contribution in [-0.4, -0.2) is 17.0 Å². The second-order valence-corrected chi connectivity index (χ2v) is 7.01.